The summed E-state index contributed by atoms with van der Waals surface area (Å²) in [5, 5.41) is 17.3. The lowest BCUT2D eigenvalue weighted by Crippen LogP contribution is -2.06. The summed E-state index contributed by atoms with van der Waals surface area (Å²) in [6.07, 6.45) is 0. The van der Waals surface area contributed by atoms with Gasteiger partial charge in [-0.1, -0.05) is 0 Å². The van der Waals surface area contributed by atoms with Crippen molar-refractivity contribution in [3.8, 4) is 5.75 Å². The molecule has 0 fully saturated rings. The Morgan fingerprint density at radius 1 is 1.40 bits per heavy atom. The summed E-state index contributed by atoms with van der Waals surface area (Å²) in [5.74, 6) is 0.324. The molecule has 0 saturated carbocycles. The fourth-order valence-electron chi connectivity index (χ4n) is 1.23. The first kappa shape index (κ1) is 11.7. The van der Waals surface area contributed by atoms with Gasteiger partial charge in [-0.25, -0.2) is 0 Å². The Balaban J connectivity index is 2.83. The summed E-state index contributed by atoms with van der Waals surface area (Å²) in [6, 6.07) is 4.91. The number of Topliss-reactive ketones (excluding diaryl/α,β-unsaturated/α-hetero) is 1. The molecular formula is C11H14O4. The Bertz CT molecular complexity index is 346. The zero-order valence-electron chi connectivity index (χ0n) is 8.56. The first-order valence-corrected chi connectivity index (χ1v) is 4.67. The second-order valence-electron chi connectivity index (χ2n) is 3.13. The van der Waals surface area contributed by atoms with Crippen LogP contribution in [0.2, 0.25) is 0 Å². The summed E-state index contributed by atoms with van der Waals surface area (Å²) in [7, 11) is 0. The van der Waals surface area contributed by atoms with Crippen molar-refractivity contribution in [2.45, 2.75) is 6.92 Å². The first-order valence-electron chi connectivity index (χ1n) is 4.67. The maximum Gasteiger partial charge on any atom is 0.188 e. The molecule has 0 atom stereocenters. The van der Waals surface area contributed by atoms with Crippen LogP contribution in [0.1, 0.15) is 15.9 Å². The van der Waals surface area contributed by atoms with Crippen LogP contribution in [0, 0.1) is 6.92 Å². The highest BCUT2D eigenvalue weighted by molar-refractivity contribution is 5.97. The van der Waals surface area contributed by atoms with Crippen molar-refractivity contribution in [2.24, 2.45) is 0 Å². The predicted octanol–water partition coefficient (Wildman–Crippen LogP) is 0.541. The van der Waals surface area contributed by atoms with Gasteiger partial charge in [0.15, 0.2) is 5.78 Å². The summed E-state index contributed by atoms with van der Waals surface area (Å²) < 4.78 is 5.23. The normalized spacial score (nSPS) is 10.1. The molecular weight excluding hydrogens is 196 g/mol. The van der Waals surface area contributed by atoms with Crippen molar-refractivity contribution in [3.63, 3.8) is 0 Å². The molecule has 0 aliphatic carbocycles. The van der Waals surface area contributed by atoms with Crippen molar-refractivity contribution in [1.82, 2.24) is 0 Å². The maximum atomic E-state index is 11.2. The van der Waals surface area contributed by atoms with E-state index in [0.717, 1.165) is 5.56 Å². The summed E-state index contributed by atoms with van der Waals surface area (Å²) in [6.45, 7) is 1.50. The molecule has 0 bridgehead atoms. The number of ether oxygens (including phenoxy) is 1. The van der Waals surface area contributed by atoms with E-state index < -0.39 is 6.61 Å². The molecule has 82 valence electrons. The Morgan fingerprint density at radius 3 is 2.67 bits per heavy atom. The predicted molar refractivity (Wildman–Crippen MR) is 55.2 cm³/mol. The third-order valence-corrected chi connectivity index (χ3v) is 1.99. The fourth-order valence-corrected chi connectivity index (χ4v) is 1.23. The molecule has 0 radical (unpaired) electrons. The van der Waals surface area contributed by atoms with Crippen molar-refractivity contribution in [3.05, 3.63) is 29.3 Å². The topological polar surface area (TPSA) is 66.8 Å². The molecule has 0 aliphatic rings. The van der Waals surface area contributed by atoms with Gasteiger partial charge < -0.3 is 14.9 Å². The van der Waals surface area contributed by atoms with Crippen LogP contribution in [0.15, 0.2) is 18.2 Å². The minimum atomic E-state index is -0.490. The highest BCUT2D eigenvalue weighted by Gasteiger charge is 2.06. The van der Waals surface area contributed by atoms with Crippen LogP contribution in [0.5, 0.6) is 5.75 Å². The van der Waals surface area contributed by atoms with Gasteiger partial charge in [-0.15, -0.1) is 0 Å². The Morgan fingerprint density at radius 2 is 2.13 bits per heavy atom. The van der Waals surface area contributed by atoms with Crippen LogP contribution >= 0.6 is 0 Å². The van der Waals surface area contributed by atoms with E-state index in [4.69, 9.17) is 14.9 Å². The third kappa shape index (κ3) is 3.04. The molecule has 0 spiro atoms. The first-order chi connectivity index (χ1) is 7.19. The van der Waals surface area contributed by atoms with E-state index in [1.807, 2.05) is 0 Å². The molecule has 0 aromatic heterocycles. The second kappa shape index (κ2) is 5.48. The van der Waals surface area contributed by atoms with Gasteiger partial charge in [0.2, 0.25) is 0 Å². The maximum absolute atomic E-state index is 11.2. The number of aryl methyl sites for hydroxylation is 1. The number of benzene rings is 1. The van der Waals surface area contributed by atoms with Gasteiger partial charge in [0, 0.05) is 5.56 Å². The Labute approximate surface area is 88.1 Å². The van der Waals surface area contributed by atoms with E-state index in [-0.39, 0.29) is 19.0 Å². The van der Waals surface area contributed by atoms with E-state index in [0.29, 0.717) is 11.3 Å². The van der Waals surface area contributed by atoms with Crippen LogP contribution in [-0.2, 0) is 0 Å². The SMILES string of the molecule is Cc1cc(C(=O)CO)ccc1OCCO. The number of carbonyl (C=O) groups is 1. The number of carbonyl (C=O) groups excluding carboxylic acids is 1. The number of aliphatic hydroxyl groups is 2. The van der Waals surface area contributed by atoms with E-state index in [2.05, 4.69) is 0 Å². The average Bonchev–Trinajstić information content (AvgIpc) is 2.26. The van der Waals surface area contributed by atoms with Gasteiger partial charge >= 0.3 is 0 Å². The van der Waals surface area contributed by atoms with Crippen LogP contribution < -0.4 is 4.74 Å². The van der Waals surface area contributed by atoms with Crippen LogP contribution in [-0.4, -0.2) is 35.8 Å². The smallest absolute Gasteiger partial charge is 0.188 e. The van der Waals surface area contributed by atoms with Crippen molar-refractivity contribution < 1.29 is 19.7 Å². The zero-order valence-corrected chi connectivity index (χ0v) is 8.56. The summed E-state index contributed by atoms with van der Waals surface area (Å²) >= 11 is 0. The third-order valence-electron chi connectivity index (χ3n) is 1.99. The fraction of sp³-hybridized carbons (Fsp3) is 0.364. The molecule has 15 heavy (non-hydrogen) atoms. The molecule has 0 aliphatic heterocycles. The largest absolute Gasteiger partial charge is 0.491 e. The lowest BCUT2D eigenvalue weighted by atomic mass is 10.1. The molecule has 0 saturated heterocycles. The monoisotopic (exact) mass is 210 g/mol. The number of hydrogen-bond acceptors (Lipinski definition) is 4. The highest BCUT2D eigenvalue weighted by Crippen LogP contribution is 2.19. The quantitative estimate of drug-likeness (QED) is 0.696. The molecule has 4 heteroatoms. The average molecular weight is 210 g/mol. The number of aliphatic hydroxyl groups excluding tert-OH is 2. The van der Waals surface area contributed by atoms with Crippen LogP contribution in [0.3, 0.4) is 0 Å². The Hall–Kier alpha value is -1.39. The zero-order chi connectivity index (χ0) is 11.3. The Kier molecular flexibility index (Phi) is 4.27. The minimum absolute atomic E-state index is 0.0449. The summed E-state index contributed by atoms with van der Waals surface area (Å²) in [4.78, 5) is 11.2. The van der Waals surface area contributed by atoms with Crippen molar-refractivity contribution in [1.29, 1.82) is 0 Å². The van der Waals surface area contributed by atoms with Gasteiger partial charge in [-0.05, 0) is 30.7 Å². The number of rotatable bonds is 5. The lowest BCUT2D eigenvalue weighted by Gasteiger charge is -2.08. The van der Waals surface area contributed by atoms with Gasteiger partial charge in [-0.2, -0.15) is 0 Å². The summed E-state index contributed by atoms with van der Waals surface area (Å²) in [5.41, 5.74) is 1.27. The molecule has 0 heterocycles. The van der Waals surface area contributed by atoms with Gasteiger partial charge in [0.05, 0.1) is 6.61 Å². The molecule has 0 amide bonds. The molecule has 1 rings (SSSR count). The standard InChI is InChI=1S/C11H14O4/c1-8-6-9(10(14)7-13)2-3-11(8)15-5-4-12/h2-3,6,12-13H,4-5,7H2,1H3. The second-order valence-corrected chi connectivity index (χ2v) is 3.13. The van der Waals surface area contributed by atoms with E-state index in [1.54, 1.807) is 25.1 Å². The molecule has 0 unspecified atom stereocenters. The van der Waals surface area contributed by atoms with Crippen LogP contribution in [0.4, 0.5) is 0 Å². The number of ketones is 1. The van der Waals surface area contributed by atoms with Gasteiger partial charge in [0.25, 0.3) is 0 Å². The van der Waals surface area contributed by atoms with Crippen molar-refractivity contribution in [2.75, 3.05) is 19.8 Å². The number of hydrogen-bond donors (Lipinski definition) is 2. The minimum Gasteiger partial charge on any atom is -0.491 e. The molecule has 1 aromatic carbocycles. The van der Waals surface area contributed by atoms with E-state index in [1.165, 1.54) is 0 Å². The molecule has 2 N–H and O–H groups in total. The molecule has 4 nitrogen and oxygen atoms in total. The van der Waals surface area contributed by atoms with E-state index >= 15 is 0 Å². The van der Waals surface area contributed by atoms with Gasteiger partial charge in [-0.3, -0.25) is 4.79 Å². The molecule has 1 aromatic rings. The highest BCUT2D eigenvalue weighted by atomic mass is 16.5. The lowest BCUT2D eigenvalue weighted by molar-refractivity contribution is 0.0903. The van der Waals surface area contributed by atoms with Gasteiger partial charge in [0.1, 0.15) is 19.0 Å². The van der Waals surface area contributed by atoms with Crippen LogP contribution in [0.25, 0.3) is 0 Å². The van der Waals surface area contributed by atoms with E-state index in [9.17, 15) is 4.79 Å². The van der Waals surface area contributed by atoms with Crippen molar-refractivity contribution >= 4 is 5.78 Å².